The smallest absolute Gasteiger partial charge is 0.276 e. The van der Waals surface area contributed by atoms with E-state index in [-0.39, 0.29) is 11.1 Å². The van der Waals surface area contributed by atoms with Gasteiger partial charge in [0.25, 0.3) is 5.69 Å². The zero-order valence-corrected chi connectivity index (χ0v) is 10.6. The average molecular weight is 265 g/mol. The van der Waals surface area contributed by atoms with Crippen LogP contribution >= 0.6 is 0 Å². The number of rotatable bonds is 7. The van der Waals surface area contributed by atoms with E-state index in [1.807, 2.05) is 0 Å². The lowest BCUT2D eigenvalue weighted by Gasteiger charge is -2.13. The predicted molar refractivity (Wildman–Crippen MR) is 67.5 cm³/mol. The number of benzene rings is 1. The van der Waals surface area contributed by atoms with Gasteiger partial charge in [0.05, 0.1) is 30.8 Å². The summed E-state index contributed by atoms with van der Waals surface area (Å²) in [5.74, 6) is 0.771. The number of hydrogen-bond acceptors (Lipinski definition) is 5. The van der Waals surface area contributed by atoms with E-state index >= 15 is 0 Å². The van der Waals surface area contributed by atoms with Crippen molar-refractivity contribution in [3.63, 3.8) is 0 Å². The molecule has 1 aromatic rings. The Hall–Kier alpha value is -2.11. The topological polar surface area (TPSA) is 78.7 Å². The largest absolute Gasteiger partial charge is 0.496 e. The van der Waals surface area contributed by atoms with Crippen LogP contribution in [-0.4, -0.2) is 24.9 Å². The van der Waals surface area contributed by atoms with Gasteiger partial charge in [-0.25, -0.2) is 0 Å². The second-order valence-corrected chi connectivity index (χ2v) is 4.78. The second-order valence-electron chi connectivity index (χ2n) is 4.78. The van der Waals surface area contributed by atoms with Gasteiger partial charge >= 0.3 is 0 Å². The lowest BCUT2D eigenvalue weighted by atomic mass is 10.1. The SMILES string of the molecule is COc1cc(OCC2(CC=O)CC2)cc([N+](=O)[O-])c1. The molecule has 0 N–H and O–H groups in total. The van der Waals surface area contributed by atoms with Crippen molar-refractivity contribution in [2.75, 3.05) is 13.7 Å². The van der Waals surface area contributed by atoms with Crippen LogP contribution in [0.25, 0.3) is 0 Å². The molecule has 0 aromatic heterocycles. The molecule has 1 aliphatic carbocycles. The molecule has 0 spiro atoms. The number of nitro benzene ring substituents is 1. The number of nitro groups is 1. The highest BCUT2D eigenvalue weighted by Crippen LogP contribution is 2.48. The normalized spacial score (nSPS) is 15.6. The standard InChI is InChI=1S/C13H15NO5/c1-18-11-6-10(14(16)17)7-12(8-11)19-9-13(2-3-13)4-5-15/h5-8H,2-4,9H2,1H3. The maximum Gasteiger partial charge on any atom is 0.276 e. The van der Waals surface area contributed by atoms with Crippen molar-refractivity contribution in [3.8, 4) is 11.5 Å². The number of nitrogens with zero attached hydrogens (tertiary/aromatic N) is 1. The fraction of sp³-hybridized carbons (Fsp3) is 0.462. The van der Waals surface area contributed by atoms with Crippen LogP contribution in [0, 0.1) is 15.5 Å². The molecule has 0 bridgehead atoms. The van der Waals surface area contributed by atoms with E-state index in [1.165, 1.54) is 19.2 Å². The number of aldehydes is 1. The Labute approximate surface area is 110 Å². The van der Waals surface area contributed by atoms with Gasteiger partial charge < -0.3 is 14.3 Å². The van der Waals surface area contributed by atoms with Crippen LogP contribution in [-0.2, 0) is 4.79 Å². The van der Waals surface area contributed by atoms with E-state index in [2.05, 4.69) is 0 Å². The molecule has 0 unspecified atom stereocenters. The quantitative estimate of drug-likeness (QED) is 0.429. The first-order valence-electron chi connectivity index (χ1n) is 5.98. The van der Waals surface area contributed by atoms with Gasteiger partial charge in [-0.2, -0.15) is 0 Å². The molecule has 0 saturated heterocycles. The Balaban J connectivity index is 2.09. The molecule has 1 saturated carbocycles. The summed E-state index contributed by atoms with van der Waals surface area (Å²) >= 11 is 0. The van der Waals surface area contributed by atoms with Gasteiger partial charge in [0.2, 0.25) is 0 Å². The molecule has 2 rings (SSSR count). The van der Waals surface area contributed by atoms with Crippen LogP contribution in [0.4, 0.5) is 5.69 Å². The van der Waals surface area contributed by atoms with Crippen molar-refractivity contribution in [3.05, 3.63) is 28.3 Å². The molecule has 102 valence electrons. The van der Waals surface area contributed by atoms with Crippen molar-refractivity contribution in [2.45, 2.75) is 19.3 Å². The molecule has 0 heterocycles. The Kier molecular flexibility index (Phi) is 3.69. The molecule has 1 aliphatic rings. The van der Waals surface area contributed by atoms with Crippen LogP contribution in [0.2, 0.25) is 0 Å². The van der Waals surface area contributed by atoms with Crippen molar-refractivity contribution >= 4 is 12.0 Å². The number of ether oxygens (including phenoxy) is 2. The van der Waals surface area contributed by atoms with Crippen LogP contribution in [0.15, 0.2) is 18.2 Å². The van der Waals surface area contributed by atoms with E-state index in [0.717, 1.165) is 19.1 Å². The van der Waals surface area contributed by atoms with Gasteiger partial charge in [0.15, 0.2) is 0 Å². The zero-order chi connectivity index (χ0) is 13.9. The predicted octanol–water partition coefficient (Wildman–Crippen LogP) is 2.35. The first-order valence-corrected chi connectivity index (χ1v) is 5.98. The van der Waals surface area contributed by atoms with E-state index in [0.29, 0.717) is 24.5 Å². The van der Waals surface area contributed by atoms with Gasteiger partial charge in [0, 0.05) is 17.9 Å². The maximum absolute atomic E-state index is 10.8. The van der Waals surface area contributed by atoms with Gasteiger partial charge in [0.1, 0.15) is 17.8 Å². The summed E-state index contributed by atoms with van der Waals surface area (Å²) in [4.78, 5) is 20.8. The van der Waals surface area contributed by atoms with Crippen LogP contribution in [0.1, 0.15) is 19.3 Å². The molecule has 19 heavy (non-hydrogen) atoms. The molecule has 6 heteroatoms. The number of carbonyl (C=O) groups excluding carboxylic acids is 1. The highest BCUT2D eigenvalue weighted by Gasteiger charge is 2.43. The van der Waals surface area contributed by atoms with E-state index in [4.69, 9.17) is 9.47 Å². The molecular formula is C13H15NO5. The van der Waals surface area contributed by atoms with E-state index < -0.39 is 4.92 Å². The van der Waals surface area contributed by atoms with Gasteiger partial charge in [-0.15, -0.1) is 0 Å². The number of hydrogen-bond donors (Lipinski definition) is 0. The summed E-state index contributed by atoms with van der Waals surface area (Å²) in [6.45, 7) is 0.399. The first kappa shape index (κ1) is 13.3. The molecule has 1 aromatic carbocycles. The Morgan fingerprint density at radius 1 is 1.37 bits per heavy atom. The Bertz CT molecular complexity index is 496. The van der Waals surface area contributed by atoms with Gasteiger partial charge in [-0.3, -0.25) is 10.1 Å². The minimum absolute atomic E-state index is 0.0698. The molecule has 0 atom stereocenters. The molecule has 1 fully saturated rings. The van der Waals surface area contributed by atoms with Crippen molar-refractivity contribution < 1.29 is 19.2 Å². The molecule has 0 amide bonds. The summed E-state index contributed by atoms with van der Waals surface area (Å²) < 4.78 is 10.6. The van der Waals surface area contributed by atoms with E-state index in [9.17, 15) is 14.9 Å². The summed E-state index contributed by atoms with van der Waals surface area (Å²) in [5.41, 5.74) is -0.144. The number of methoxy groups -OCH3 is 1. The summed E-state index contributed by atoms with van der Waals surface area (Å²) in [7, 11) is 1.44. The third-order valence-corrected chi connectivity index (χ3v) is 3.33. The number of non-ortho nitro benzene ring substituents is 1. The molecule has 0 aliphatic heterocycles. The fourth-order valence-electron chi connectivity index (χ4n) is 1.86. The van der Waals surface area contributed by atoms with Crippen molar-refractivity contribution in [1.29, 1.82) is 0 Å². The third-order valence-electron chi connectivity index (χ3n) is 3.33. The van der Waals surface area contributed by atoms with Crippen molar-refractivity contribution in [1.82, 2.24) is 0 Å². The molecule has 6 nitrogen and oxygen atoms in total. The second kappa shape index (κ2) is 5.26. The number of carbonyl (C=O) groups is 1. The highest BCUT2D eigenvalue weighted by molar-refractivity contribution is 5.52. The third kappa shape index (κ3) is 3.21. The minimum Gasteiger partial charge on any atom is -0.496 e. The highest BCUT2D eigenvalue weighted by atomic mass is 16.6. The zero-order valence-electron chi connectivity index (χ0n) is 10.6. The fourth-order valence-corrected chi connectivity index (χ4v) is 1.86. The monoisotopic (exact) mass is 265 g/mol. The Morgan fingerprint density at radius 3 is 2.58 bits per heavy atom. The first-order chi connectivity index (χ1) is 9.08. The average Bonchev–Trinajstić information content (AvgIpc) is 3.17. The molecule has 0 radical (unpaired) electrons. The van der Waals surface area contributed by atoms with Crippen LogP contribution in [0.3, 0.4) is 0 Å². The van der Waals surface area contributed by atoms with Crippen LogP contribution < -0.4 is 9.47 Å². The summed E-state index contributed by atoms with van der Waals surface area (Å²) in [6.07, 6.45) is 3.28. The lowest BCUT2D eigenvalue weighted by molar-refractivity contribution is -0.385. The lowest BCUT2D eigenvalue weighted by Crippen LogP contribution is -2.13. The summed E-state index contributed by atoms with van der Waals surface area (Å²) in [5, 5.41) is 10.8. The van der Waals surface area contributed by atoms with Crippen LogP contribution in [0.5, 0.6) is 11.5 Å². The Morgan fingerprint density at radius 2 is 2.05 bits per heavy atom. The summed E-state index contributed by atoms with van der Waals surface area (Å²) in [6, 6.07) is 4.30. The maximum atomic E-state index is 10.8. The van der Waals surface area contributed by atoms with Gasteiger partial charge in [-0.1, -0.05) is 0 Å². The van der Waals surface area contributed by atoms with Crippen molar-refractivity contribution in [2.24, 2.45) is 5.41 Å². The van der Waals surface area contributed by atoms with Gasteiger partial charge in [-0.05, 0) is 12.8 Å². The molecular weight excluding hydrogens is 250 g/mol. The minimum atomic E-state index is -0.492. The van der Waals surface area contributed by atoms with E-state index in [1.54, 1.807) is 6.07 Å².